The molecule has 0 bridgehead atoms. The van der Waals surface area contributed by atoms with Gasteiger partial charge in [-0.05, 0) is 19.4 Å². The van der Waals surface area contributed by atoms with E-state index >= 15 is 0 Å². The molecule has 2 unspecified atom stereocenters. The van der Waals surface area contributed by atoms with Gasteiger partial charge in [-0.1, -0.05) is 30.3 Å². The van der Waals surface area contributed by atoms with Crippen molar-refractivity contribution in [2.24, 2.45) is 0 Å². The van der Waals surface area contributed by atoms with Crippen molar-refractivity contribution in [3.63, 3.8) is 0 Å². The van der Waals surface area contributed by atoms with E-state index in [1.807, 2.05) is 44.2 Å². The standard InChI is InChI=1S/C17H24O6/c1-17(2)22-15-14(20-10-11-6-4-3-5-7-11)13(8-12(19)9-18)21-16(15)23-17/h3-7,12-16,18-19H,8-10H2,1-2H3/t12?,13-,14+,15?,16-/m1/s1. The number of benzene rings is 1. The van der Waals surface area contributed by atoms with E-state index in [0.29, 0.717) is 6.61 Å². The monoisotopic (exact) mass is 324 g/mol. The largest absolute Gasteiger partial charge is 0.394 e. The first-order valence-corrected chi connectivity index (χ1v) is 7.94. The van der Waals surface area contributed by atoms with Crippen molar-refractivity contribution < 1.29 is 29.2 Å². The molecule has 0 amide bonds. The Labute approximate surface area is 135 Å². The summed E-state index contributed by atoms with van der Waals surface area (Å²) < 4.78 is 23.5. The maximum absolute atomic E-state index is 9.72. The van der Waals surface area contributed by atoms with Gasteiger partial charge in [0.1, 0.15) is 12.2 Å². The van der Waals surface area contributed by atoms with Crippen LogP contribution in [0.2, 0.25) is 0 Å². The average molecular weight is 324 g/mol. The highest BCUT2D eigenvalue weighted by Gasteiger charge is 2.55. The van der Waals surface area contributed by atoms with Crippen LogP contribution in [-0.2, 0) is 25.6 Å². The molecule has 128 valence electrons. The SMILES string of the molecule is CC1(C)OC2[C@H](O[C@H](CC(O)CO)[C@@H]2OCc2ccccc2)O1. The molecule has 0 aliphatic carbocycles. The van der Waals surface area contributed by atoms with Gasteiger partial charge in [-0.3, -0.25) is 0 Å². The van der Waals surface area contributed by atoms with Gasteiger partial charge in [0.25, 0.3) is 0 Å². The molecule has 0 saturated carbocycles. The first-order chi connectivity index (χ1) is 11.0. The van der Waals surface area contributed by atoms with Crippen molar-refractivity contribution in [1.82, 2.24) is 0 Å². The lowest BCUT2D eigenvalue weighted by Gasteiger charge is -2.26. The predicted octanol–water partition coefficient (Wildman–Crippen LogP) is 1.19. The van der Waals surface area contributed by atoms with Gasteiger partial charge in [0, 0.05) is 6.42 Å². The topological polar surface area (TPSA) is 77.4 Å². The second-order valence-electron chi connectivity index (χ2n) is 6.48. The van der Waals surface area contributed by atoms with Crippen molar-refractivity contribution in [2.45, 2.75) is 63.4 Å². The molecule has 1 aromatic rings. The molecule has 3 rings (SSSR count). The quantitative estimate of drug-likeness (QED) is 0.818. The van der Waals surface area contributed by atoms with Gasteiger partial charge in [-0.2, -0.15) is 0 Å². The van der Waals surface area contributed by atoms with Crippen LogP contribution in [0.1, 0.15) is 25.8 Å². The molecule has 2 aliphatic heterocycles. The van der Waals surface area contributed by atoms with Crippen LogP contribution in [0.4, 0.5) is 0 Å². The van der Waals surface area contributed by atoms with Crippen LogP contribution in [-0.4, -0.2) is 53.3 Å². The highest BCUT2D eigenvalue weighted by molar-refractivity contribution is 5.13. The van der Waals surface area contributed by atoms with E-state index in [4.69, 9.17) is 24.1 Å². The van der Waals surface area contributed by atoms with Gasteiger partial charge >= 0.3 is 0 Å². The van der Waals surface area contributed by atoms with Crippen LogP contribution in [0.25, 0.3) is 0 Å². The highest BCUT2D eigenvalue weighted by atomic mass is 16.8. The zero-order chi connectivity index (χ0) is 16.4. The fourth-order valence-electron chi connectivity index (χ4n) is 3.05. The summed E-state index contributed by atoms with van der Waals surface area (Å²) in [5.74, 6) is -0.718. The lowest BCUT2D eigenvalue weighted by molar-refractivity contribution is -0.222. The fraction of sp³-hybridized carbons (Fsp3) is 0.647. The van der Waals surface area contributed by atoms with Crippen molar-refractivity contribution in [1.29, 1.82) is 0 Å². The summed E-state index contributed by atoms with van der Waals surface area (Å²) in [6, 6.07) is 9.84. The molecule has 0 radical (unpaired) electrons. The summed E-state index contributed by atoms with van der Waals surface area (Å²) in [6.07, 6.45) is -2.17. The van der Waals surface area contributed by atoms with Gasteiger partial charge in [0.15, 0.2) is 12.1 Å². The molecule has 0 aromatic heterocycles. The zero-order valence-electron chi connectivity index (χ0n) is 13.4. The Kier molecular flexibility index (Phi) is 5.01. The summed E-state index contributed by atoms with van der Waals surface area (Å²) in [6.45, 7) is 3.78. The third kappa shape index (κ3) is 3.91. The van der Waals surface area contributed by atoms with E-state index in [1.54, 1.807) is 0 Å². The van der Waals surface area contributed by atoms with E-state index in [-0.39, 0.29) is 31.3 Å². The first kappa shape index (κ1) is 16.8. The first-order valence-electron chi connectivity index (χ1n) is 7.94. The maximum atomic E-state index is 9.72. The smallest absolute Gasteiger partial charge is 0.190 e. The molecule has 5 atom stereocenters. The number of ether oxygens (including phenoxy) is 4. The Hall–Kier alpha value is -1.02. The Morgan fingerprint density at radius 2 is 1.96 bits per heavy atom. The maximum Gasteiger partial charge on any atom is 0.190 e. The van der Waals surface area contributed by atoms with E-state index < -0.39 is 18.2 Å². The average Bonchev–Trinajstić information content (AvgIpc) is 2.97. The number of hydrogen-bond acceptors (Lipinski definition) is 6. The van der Waals surface area contributed by atoms with Gasteiger partial charge < -0.3 is 29.2 Å². The molecule has 6 nitrogen and oxygen atoms in total. The van der Waals surface area contributed by atoms with Gasteiger partial charge in [0.05, 0.1) is 25.4 Å². The molecule has 2 N–H and O–H groups in total. The molecular formula is C17H24O6. The normalized spacial score (nSPS) is 33.6. The molecular weight excluding hydrogens is 300 g/mol. The third-order valence-corrected chi connectivity index (χ3v) is 4.09. The highest BCUT2D eigenvalue weighted by Crippen LogP contribution is 2.40. The van der Waals surface area contributed by atoms with Gasteiger partial charge in [-0.15, -0.1) is 0 Å². The summed E-state index contributed by atoms with van der Waals surface area (Å²) in [5, 5.41) is 18.8. The summed E-state index contributed by atoms with van der Waals surface area (Å²) >= 11 is 0. The molecule has 6 heteroatoms. The number of aliphatic hydroxyl groups excluding tert-OH is 2. The Bertz CT molecular complexity index is 505. The third-order valence-electron chi connectivity index (χ3n) is 4.09. The number of rotatable bonds is 6. The fourth-order valence-corrected chi connectivity index (χ4v) is 3.05. The molecule has 2 heterocycles. The van der Waals surface area contributed by atoms with Crippen molar-refractivity contribution in [3.8, 4) is 0 Å². The van der Waals surface area contributed by atoms with E-state index in [0.717, 1.165) is 5.56 Å². The van der Waals surface area contributed by atoms with Crippen LogP contribution >= 0.6 is 0 Å². The van der Waals surface area contributed by atoms with Crippen LogP contribution < -0.4 is 0 Å². The van der Waals surface area contributed by atoms with Crippen LogP contribution in [0, 0.1) is 0 Å². The zero-order valence-corrected chi connectivity index (χ0v) is 13.4. The molecule has 23 heavy (non-hydrogen) atoms. The van der Waals surface area contributed by atoms with Crippen LogP contribution in [0.15, 0.2) is 30.3 Å². The Morgan fingerprint density at radius 1 is 1.22 bits per heavy atom. The Balaban J connectivity index is 1.68. The molecule has 2 aliphatic rings. The minimum atomic E-state index is -0.852. The Morgan fingerprint density at radius 3 is 2.65 bits per heavy atom. The van der Waals surface area contributed by atoms with Crippen molar-refractivity contribution in [3.05, 3.63) is 35.9 Å². The molecule has 0 spiro atoms. The van der Waals surface area contributed by atoms with E-state index in [1.165, 1.54) is 0 Å². The number of hydrogen-bond donors (Lipinski definition) is 2. The van der Waals surface area contributed by atoms with Crippen molar-refractivity contribution >= 4 is 0 Å². The lowest BCUT2D eigenvalue weighted by atomic mass is 10.0. The van der Waals surface area contributed by atoms with Crippen LogP contribution in [0.3, 0.4) is 0 Å². The van der Waals surface area contributed by atoms with Crippen LogP contribution in [0.5, 0.6) is 0 Å². The molecule has 2 fully saturated rings. The lowest BCUT2D eigenvalue weighted by Crippen LogP contribution is -2.38. The molecule has 2 saturated heterocycles. The predicted molar refractivity (Wildman–Crippen MR) is 81.4 cm³/mol. The van der Waals surface area contributed by atoms with E-state index in [2.05, 4.69) is 0 Å². The minimum absolute atomic E-state index is 0.274. The number of fused-ring (bicyclic) bond motifs is 1. The minimum Gasteiger partial charge on any atom is -0.394 e. The van der Waals surface area contributed by atoms with Gasteiger partial charge in [-0.25, -0.2) is 0 Å². The van der Waals surface area contributed by atoms with Gasteiger partial charge in [0.2, 0.25) is 0 Å². The molecule has 1 aromatic carbocycles. The number of aliphatic hydroxyl groups is 2. The second kappa shape index (κ2) is 6.84. The summed E-state index contributed by atoms with van der Waals surface area (Å²) in [5.41, 5.74) is 1.05. The summed E-state index contributed by atoms with van der Waals surface area (Å²) in [4.78, 5) is 0. The van der Waals surface area contributed by atoms with E-state index in [9.17, 15) is 5.11 Å². The second-order valence-corrected chi connectivity index (χ2v) is 6.48. The summed E-state index contributed by atoms with van der Waals surface area (Å²) in [7, 11) is 0. The van der Waals surface area contributed by atoms with Crippen molar-refractivity contribution in [2.75, 3.05) is 6.61 Å².